The van der Waals surface area contributed by atoms with Gasteiger partial charge in [0.1, 0.15) is 0 Å². The van der Waals surface area contributed by atoms with Crippen molar-refractivity contribution in [2.24, 2.45) is 4.99 Å². The zero-order chi connectivity index (χ0) is 12.7. The highest BCUT2D eigenvalue weighted by molar-refractivity contribution is 5.78. The largest absolute Gasteiger partial charge is 0.478 e. The molecular weight excluding hydrogens is 222 g/mol. The van der Waals surface area contributed by atoms with E-state index in [2.05, 4.69) is 4.99 Å². The van der Waals surface area contributed by atoms with Crippen LogP contribution >= 0.6 is 0 Å². The van der Waals surface area contributed by atoms with Gasteiger partial charge in [-0.2, -0.15) is 4.99 Å². The SMILES string of the molecule is CCO[C@](Cc1ccccc1)(N=C=O)C(=O)O. The maximum atomic E-state index is 11.2. The predicted molar refractivity (Wildman–Crippen MR) is 60.3 cm³/mol. The van der Waals surface area contributed by atoms with Crippen LogP contribution < -0.4 is 0 Å². The number of carbonyl (C=O) groups is 1. The molecule has 0 aliphatic heterocycles. The predicted octanol–water partition coefficient (Wildman–Crippen LogP) is 1.38. The average Bonchev–Trinajstić information content (AvgIpc) is 2.30. The van der Waals surface area contributed by atoms with Gasteiger partial charge in [0.2, 0.25) is 6.08 Å². The normalized spacial score (nSPS) is 13.5. The Hall–Kier alpha value is -1.97. The van der Waals surface area contributed by atoms with E-state index in [1.54, 1.807) is 31.2 Å². The number of hydrogen-bond donors (Lipinski definition) is 1. The quantitative estimate of drug-likeness (QED) is 0.597. The number of rotatable bonds is 6. The summed E-state index contributed by atoms with van der Waals surface area (Å²) in [4.78, 5) is 24.9. The topological polar surface area (TPSA) is 76.0 Å². The Labute approximate surface area is 98.7 Å². The van der Waals surface area contributed by atoms with Crippen LogP contribution in [0, 0.1) is 0 Å². The summed E-state index contributed by atoms with van der Waals surface area (Å²) in [6.45, 7) is 1.79. The Morgan fingerprint density at radius 1 is 1.47 bits per heavy atom. The molecule has 1 N–H and O–H groups in total. The van der Waals surface area contributed by atoms with Gasteiger partial charge in [-0.25, -0.2) is 9.59 Å². The molecular formula is C12H13NO4. The van der Waals surface area contributed by atoms with E-state index in [1.807, 2.05) is 6.07 Å². The summed E-state index contributed by atoms with van der Waals surface area (Å²) in [6.07, 6.45) is 1.26. The molecule has 5 heteroatoms. The number of nitrogens with zero attached hydrogens (tertiary/aromatic N) is 1. The summed E-state index contributed by atoms with van der Waals surface area (Å²) in [7, 11) is 0. The fourth-order valence-corrected chi connectivity index (χ4v) is 1.49. The first kappa shape index (κ1) is 13.1. The minimum atomic E-state index is -1.88. The van der Waals surface area contributed by atoms with Gasteiger partial charge in [-0.05, 0) is 12.5 Å². The third kappa shape index (κ3) is 3.24. The van der Waals surface area contributed by atoms with E-state index in [0.29, 0.717) is 0 Å². The van der Waals surface area contributed by atoms with E-state index in [1.165, 1.54) is 6.08 Å². The maximum Gasteiger partial charge on any atom is 0.360 e. The molecule has 0 aliphatic rings. The molecule has 0 saturated heterocycles. The van der Waals surface area contributed by atoms with Crippen molar-refractivity contribution < 1.29 is 19.4 Å². The molecule has 1 atom stereocenters. The van der Waals surface area contributed by atoms with Crippen LogP contribution in [0.4, 0.5) is 0 Å². The van der Waals surface area contributed by atoms with Crippen molar-refractivity contribution in [3.05, 3.63) is 35.9 Å². The fourth-order valence-electron chi connectivity index (χ4n) is 1.49. The summed E-state index contributed by atoms with van der Waals surface area (Å²) in [6, 6.07) is 8.86. The molecule has 0 saturated carbocycles. The number of isocyanates is 1. The van der Waals surface area contributed by atoms with Crippen LogP contribution in [0.3, 0.4) is 0 Å². The summed E-state index contributed by atoms with van der Waals surface area (Å²) in [5, 5.41) is 9.15. The Morgan fingerprint density at radius 3 is 2.59 bits per heavy atom. The van der Waals surface area contributed by atoms with Crippen LogP contribution in [-0.2, 0) is 20.7 Å². The number of carboxylic acid groups (broad SMARTS) is 1. The summed E-state index contributed by atoms with van der Waals surface area (Å²) < 4.78 is 5.11. The van der Waals surface area contributed by atoms with Gasteiger partial charge in [0.05, 0.1) is 0 Å². The first-order valence-electron chi connectivity index (χ1n) is 5.15. The second kappa shape index (κ2) is 5.94. The second-order valence-electron chi connectivity index (χ2n) is 3.39. The summed E-state index contributed by atoms with van der Waals surface area (Å²) in [5.41, 5.74) is -1.15. The highest BCUT2D eigenvalue weighted by Crippen LogP contribution is 2.20. The van der Waals surface area contributed by atoms with E-state index < -0.39 is 11.7 Å². The van der Waals surface area contributed by atoms with Gasteiger partial charge < -0.3 is 9.84 Å². The molecule has 0 aromatic heterocycles. The van der Waals surface area contributed by atoms with Crippen molar-refractivity contribution in [2.75, 3.05) is 6.61 Å². The standard InChI is InChI=1S/C12H13NO4/c1-2-17-12(11(15)16,13-9-14)8-10-6-4-3-5-7-10/h3-7H,2,8H2,1H3,(H,15,16)/t12-/m0/s1. The third-order valence-corrected chi connectivity index (χ3v) is 2.23. The van der Waals surface area contributed by atoms with Crippen LogP contribution in [0.1, 0.15) is 12.5 Å². The number of ether oxygens (including phenoxy) is 1. The van der Waals surface area contributed by atoms with Gasteiger partial charge in [-0.1, -0.05) is 30.3 Å². The van der Waals surface area contributed by atoms with Gasteiger partial charge in [-0.15, -0.1) is 0 Å². The highest BCUT2D eigenvalue weighted by Gasteiger charge is 2.39. The van der Waals surface area contributed by atoms with Crippen molar-refractivity contribution in [3.8, 4) is 0 Å². The Bertz CT molecular complexity index is 421. The van der Waals surface area contributed by atoms with E-state index in [4.69, 9.17) is 9.84 Å². The van der Waals surface area contributed by atoms with Crippen LogP contribution in [0.15, 0.2) is 35.3 Å². The molecule has 0 radical (unpaired) electrons. The van der Waals surface area contributed by atoms with E-state index >= 15 is 0 Å². The lowest BCUT2D eigenvalue weighted by Crippen LogP contribution is -2.42. The van der Waals surface area contributed by atoms with Gasteiger partial charge in [0, 0.05) is 13.0 Å². The molecule has 1 rings (SSSR count). The zero-order valence-electron chi connectivity index (χ0n) is 9.42. The molecule has 0 amide bonds. The first-order chi connectivity index (χ1) is 8.14. The third-order valence-electron chi connectivity index (χ3n) is 2.23. The van der Waals surface area contributed by atoms with Crippen molar-refractivity contribution in [1.29, 1.82) is 0 Å². The van der Waals surface area contributed by atoms with Crippen molar-refractivity contribution in [2.45, 2.75) is 19.1 Å². The first-order valence-corrected chi connectivity index (χ1v) is 5.15. The lowest BCUT2D eigenvalue weighted by molar-refractivity contribution is -0.164. The Morgan fingerprint density at radius 2 is 2.12 bits per heavy atom. The van der Waals surface area contributed by atoms with Crippen molar-refractivity contribution in [1.82, 2.24) is 0 Å². The second-order valence-corrected chi connectivity index (χ2v) is 3.39. The smallest absolute Gasteiger partial charge is 0.360 e. The molecule has 0 aliphatic carbocycles. The Kier molecular flexibility index (Phi) is 4.57. The van der Waals surface area contributed by atoms with Crippen LogP contribution in [0.25, 0.3) is 0 Å². The Balaban J connectivity index is 3.05. The number of aliphatic imine (C=N–C) groups is 1. The lowest BCUT2D eigenvalue weighted by Gasteiger charge is -2.23. The van der Waals surface area contributed by atoms with Gasteiger partial charge in [0.15, 0.2) is 0 Å². The molecule has 1 aromatic carbocycles. The summed E-state index contributed by atoms with van der Waals surface area (Å²) >= 11 is 0. The summed E-state index contributed by atoms with van der Waals surface area (Å²) in [5.74, 6) is -1.30. The van der Waals surface area contributed by atoms with Crippen molar-refractivity contribution >= 4 is 12.0 Å². The van der Waals surface area contributed by atoms with Gasteiger partial charge in [-0.3, -0.25) is 0 Å². The molecule has 0 bridgehead atoms. The van der Waals surface area contributed by atoms with Crippen LogP contribution in [0.5, 0.6) is 0 Å². The minimum absolute atomic E-state index is 0.00769. The number of hydrogen-bond acceptors (Lipinski definition) is 4. The van der Waals surface area contributed by atoms with E-state index in [0.717, 1.165) is 5.56 Å². The van der Waals surface area contributed by atoms with Gasteiger partial charge >= 0.3 is 5.97 Å². The zero-order valence-corrected chi connectivity index (χ0v) is 9.42. The molecule has 0 fully saturated rings. The molecule has 1 aromatic rings. The minimum Gasteiger partial charge on any atom is -0.478 e. The van der Waals surface area contributed by atoms with Gasteiger partial charge in [0.25, 0.3) is 5.72 Å². The fraction of sp³-hybridized carbons (Fsp3) is 0.333. The molecule has 90 valence electrons. The monoisotopic (exact) mass is 235 g/mol. The molecule has 0 heterocycles. The molecule has 17 heavy (non-hydrogen) atoms. The van der Waals surface area contributed by atoms with Crippen LogP contribution in [0.2, 0.25) is 0 Å². The number of carboxylic acids is 1. The number of aliphatic carboxylic acids is 1. The maximum absolute atomic E-state index is 11.2. The average molecular weight is 235 g/mol. The van der Waals surface area contributed by atoms with Crippen LogP contribution in [-0.4, -0.2) is 29.5 Å². The lowest BCUT2D eigenvalue weighted by atomic mass is 10.0. The highest BCUT2D eigenvalue weighted by atomic mass is 16.5. The number of benzene rings is 1. The van der Waals surface area contributed by atoms with E-state index in [9.17, 15) is 9.59 Å². The molecule has 0 spiro atoms. The number of carbonyl (C=O) groups excluding carboxylic acids is 1. The molecule has 5 nitrogen and oxygen atoms in total. The van der Waals surface area contributed by atoms with E-state index in [-0.39, 0.29) is 13.0 Å². The molecule has 0 unspecified atom stereocenters. The van der Waals surface area contributed by atoms with Crippen molar-refractivity contribution in [3.63, 3.8) is 0 Å².